The van der Waals surface area contributed by atoms with Gasteiger partial charge in [-0.2, -0.15) is 0 Å². The molecule has 0 saturated carbocycles. The van der Waals surface area contributed by atoms with Crippen LogP contribution in [-0.2, 0) is 9.84 Å². The van der Waals surface area contributed by atoms with E-state index in [1.54, 1.807) is 0 Å². The van der Waals surface area contributed by atoms with Gasteiger partial charge in [-0.05, 0) is 12.1 Å². The van der Waals surface area contributed by atoms with Gasteiger partial charge in [0.25, 0.3) is 0 Å². The molecule has 2 rings (SSSR count). The summed E-state index contributed by atoms with van der Waals surface area (Å²) in [4.78, 5) is 0. The van der Waals surface area contributed by atoms with Crippen molar-refractivity contribution < 1.29 is 26.7 Å². The molecular weight excluding hydrogens is 268 g/mol. The molecular formula is C10H11F2NO4S. The zero-order valence-corrected chi connectivity index (χ0v) is 10.3. The van der Waals surface area contributed by atoms with Crippen LogP contribution in [0.25, 0.3) is 0 Å². The smallest absolute Gasteiger partial charge is 0.395 e. The summed E-state index contributed by atoms with van der Waals surface area (Å²) < 4.78 is 55.8. The van der Waals surface area contributed by atoms with E-state index in [2.05, 4.69) is 14.8 Å². The second-order valence-corrected chi connectivity index (χ2v) is 6.15. The van der Waals surface area contributed by atoms with Crippen LogP contribution in [0.4, 0.5) is 14.5 Å². The minimum absolute atomic E-state index is 0.0440. The summed E-state index contributed by atoms with van der Waals surface area (Å²) in [5.74, 6) is -0.171. The minimum atomic E-state index is -3.65. The Balaban J connectivity index is 2.01. The Morgan fingerprint density at radius 1 is 1.28 bits per heavy atom. The molecule has 0 unspecified atom stereocenters. The Hall–Kier alpha value is -1.57. The van der Waals surface area contributed by atoms with Gasteiger partial charge in [-0.15, -0.1) is 8.78 Å². The number of nitrogens with one attached hydrogen (secondary N) is 1. The lowest BCUT2D eigenvalue weighted by Crippen LogP contribution is -2.25. The highest BCUT2D eigenvalue weighted by Crippen LogP contribution is 2.42. The molecule has 1 aromatic rings. The molecule has 0 radical (unpaired) electrons. The van der Waals surface area contributed by atoms with Crippen LogP contribution in [0.1, 0.15) is 0 Å². The number of halogens is 2. The number of anilines is 1. The number of ether oxygens (including phenoxy) is 2. The second kappa shape index (κ2) is 4.27. The number of benzene rings is 1. The summed E-state index contributed by atoms with van der Waals surface area (Å²) in [6, 6.07) is 4.17. The third-order valence-corrected chi connectivity index (χ3v) is 3.15. The molecule has 1 N–H and O–H groups in total. The molecule has 0 bridgehead atoms. The van der Waals surface area contributed by atoms with Gasteiger partial charge in [-0.1, -0.05) is 0 Å². The molecule has 1 heterocycles. The Morgan fingerprint density at radius 2 is 1.94 bits per heavy atom. The van der Waals surface area contributed by atoms with Crippen molar-refractivity contribution in [1.82, 2.24) is 0 Å². The third kappa shape index (κ3) is 3.22. The monoisotopic (exact) mass is 279 g/mol. The number of fused-ring (bicyclic) bond motifs is 1. The van der Waals surface area contributed by atoms with Crippen LogP contribution in [0.15, 0.2) is 18.2 Å². The van der Waals surface area contributed by atoms with E-state index in [1.807, 2.05) is 0 Å². The van der Waals surface area contributed by atoms with Gasteiger partial charge in [0.2, 0.25) is 0 Å². The van der Waals surface area contributed by atoms with Gasteiger partial charge in [0.05, 0.1) is 5.75 Å². The van der Waals surface area contributed by atoms with Crippen LogP contribution in [0.2, 0.25) is 0 Å². The Morgan fingerprint density at radius 3 is 2.61 bits per heavy atom. The molecule has 0 fully saturated rings. The molecule has 0 spiro atoms. The van der Waals surface area contributed by atoms with Crippen molar-refractivity contribution in [2.24, 2.45) is 0 Å². The van der Waals surface area contributed by atoms with Crippen molar-refractivity contribution in [3.8, 4) is 11.5 Å². The molecule has 1 aromatic carbocycles. The van der Waals surface area contributed by atoms with Crippen LogP contribution < -0.4 is 14.8 Å². The van der Waals surface area contributed by atoms with Gasteiger partial charge in [-0.3, -0.25) is 0 Å². The Kier molecular flexibility index (Phi) is 3.05. The average Bonchev–Trinajstić information content (AvgIpc) is 2.49. The topological polar surface area (TPSA) is 64.6 Å². The average molecular weight is 279 g/mol. The van der Waals surface area contributed by atoms with Gasteiger partial charge < -0.3 is 14.8 Å². The highest BCUT2D eigenvalue weighted by molar-refractivity contribution is 7.90. The van der Waals surface area contributed by atoms with E-state index in [4.69, 9.17) is 0 Å². The zero-order valence-electron chi connectivity index (χ0n) is 9.44. The maximum atomic E-state index is 12.7. The quantitative estimate of drug-likeness (QED) is 0.904. The maximum Gasteiger partial charge on any atom is 0.586 e. The summed E-state index contributed by atoms with van der Waals surface area (Å²) in [6.45, 7) is 0.189. The summed E-state index contributed by atoms with van der Waals surface area (Å²) in [7, 11) is -3.06. The third-order valence-electron chi connectivity index (χ3n) is 2.20. The molecule has 0 atom stereocenters. The fourth-order valence-electron chi connectivity index (χ4n) is 1.44. The Labute approximate surface area is 103 Å². The predicted molar refractivity (Wildman–Crippen MR) is 60.8 cm³/mol. The highest BCUT2D eigenvalue weighted by Gasteiger charge is 2.43. The molecule has 0 saturated heterocycles. The van der Waals surface area contributed by atoms with Crippen LogP contribution in [0.3, 0.4) is 0 Å². The van der Waals surface area contributed by atoms with Crippen LogP contribution in [0, 0.1) is 0 Å². The normalized spacial score (nSPS) is 16.6. The largest absolute Gasteiger partial charge is 0.586 e. The second-order valence-electron chi connectivity index (χ2n) is 3.89. The molecule has 1 aliphatic heterocycles. The van der Waals surface area contributed by atoms with Gasteiger partial charge in [0.15, 0.2) is 11.5 Å². The van der Waals surface area contributed by atoms with E-state index in [0.29, 0.717) is 5.69 Å². The van der Waals surface area contributed by atoms with Gasteiger partial charge in [0, 0.05) is 24.6 Å². The van der Waals surface area contributed by atoms with Gasteiger partial charge >= 0.3 is 6.29 Å². The lowest BCUT2D eigenvalue weighted by atomic mass is 10.3. The summed E-state index contributed by atoms with van der Waals surface area (Å²) in [5.41, 5.74) is 0.485. The number of hydrogen-bond acceptors (Lipinski definition) is 5. The maximum absolute atomic E-state index is 12.7. The molecule has 0 aliphatic carbocycles. The van der Waals surface area contributed by atoms with E-state index in [1.165, 1.54) is 18.2 Å². The van der Waals surface area contributed by atoms with Crippen molar-refractivity contribution in [3.05, 3.63) is 18.2 Å². The fraction of sp³-hybridized carbons (Fsp3) is 0.400. The van der Waals surface area contributed by atoms with E-state index < -0.39 is 16.1 Å². The molecule has 1 aliphatic rings. The van der Waals surface area contributed by atoms with E-state index in [0.717, 1.165) is 6.26 Å². The van der Waals surface area contributed by atoms with Crippen LogP contribution >= 0.6 is 0 Å². The molecule has 0 amide bonds. The van der Waals surface area contributed by atoms with Crippen LogP contribution in [0.5, 0.6) is 11.5 Å². The summed E-state index contributed by atoms with van der Waals surface area (Å²) in [5, 5.41) is 2.80. The van der Waals surface area contributed by atoms with Crippen molar-refractivity contribution in [2.75, 3.05) is 23.9 Å². The van der Waals surface area contributed by atoms with E-state index in [9.17, 15) is 17.2 Å². The first kappa shape index (κ1) is 12.9. The van der Waals surface area contributed by atoms with Gasteiger partial charge in [0.1, 0.15) is 9.84 Å². The number of alkyl halides is 2. The molecule has 0 aromatic heterocycles. The van der Waals surface area contributed by atoms with Crippen molar-refractivity contribution in [1.29, 1.82) is 0 Å². The standard InChI is InChI=1S/C10H11F2NO4S/c1-18(14,15)5-4-13-7-2-3-8-9(6-7)17-10(11,12)16-8/h2-3,6,13H,4-5H2,1H3. The molecule has 100 valence electrons. The van der Waals surface area contributed by atoms with Crippen LogP contribution in [-0.4, -0.2) is 33.3 Å². The predicted octanol–water partition coefficient (Wildman–Crippen LogP) is 1.46. The fourth-order valence-corrected chi connectivity index (χ4v) is 1.91. The first-order valence-electron chi connectivity index (χ1n) is 5.07. The summed E-state index contributed by atoms with van der Waals surface area (Å²) in [6.07, 6.45) is -2.53. The zero-order chi connectivity index (χ0) is 13.4. The molecule has 8 heteroatoms. The number of sulfone groups is 1. The van der Waals surface area contributed by atoms with E-state index >= 15 is 0 Å². The molecule has 5 nitrogen and oxygen atoms in total. The lowest BCUT2D eigenvalue weighted by molar-refractivity contribution is -0.286. The number of hydrogen-bond donors (Lipinski definition) is 1. The van der Waals surface area contributed by atoms with Crippen molar-refractivity contribution in [2.45, 2.75) is 6.29 Å². The summed E-state index contributed by atoms with van der Waals surface area (Å²) >= 11 is 0. The Bertz CT molecular complexity index is 559. The number of rotatable bonds is 4. The first-order valence-corrected chi connectivity index (χ1v) is 7.13. The highest BCUT2D eigenvalue weighted by atomic mass is 32.2. The van der Waals surface area contributed by atoms with E-state index in [-0.39, 0.29) is 23.8 Å². The lowest BCUT2D eigenvalue weighted by Gasteiger charge is -2.06. The SMILES string of the molecule is CS(=O)(=O)CCNc1ccc2c(c1)OC(F)(F)O2. The molecule has 18 heavy (non-hydrogen) atoms. The minimum Gasteiger partial charge on any atom is -0.395 e. The van der Waals surface area contributed by atoms with Crippen molar-refractivity contribution >= 4 is 15.5 Å². The first-order chi connectivity index (χ1) is 8.25. The van der Waals surface area contributed by atoms with Gasteiger partial charge in [-0.25, -0.2) is 8.42 Å². The van der Waals surface area contributed by atoms with Crippen molar-refractivity contribution in [3.63, 3.8) is 0 Å².